The summed E-state index contributed by atoms with van der Waals surface area (Å²) in [5.41, 5.74) is 6.35. The summed E-state index contributed by atoms with van der Waals surface area (Å²) in [6.45, 7) is 13.1. The average Bonchev–Trinajstić information content (AvgIpc) is 2.41. The normalized spacial score (nSPS) is 11.6. The Bertz CT molecular complexity index is 657. The Morgan fingerprint density at radius 3 is 2.39 bits per heavy atom. The van der Waals surface area contributed by atoms with Crippen LogP contribution in [0.3, 0.4) is 0 Å². The van der Waals surface area contributed by atoms with Gasteiger partial charge in [0.2, 0.25) is 0 Å². The molecule has 23 heavy (non-hydrogen) atoms. The van der Waals surface area contributed by atoms with E-state index in [1.165, 1.54) is 28.1 Å². The lowest BCUT2D eigenvalue weighted by Crippen LogP contribution is -2.33. The first kappa shape index (κ1) is 17.4. The van der Waals surface area contributed by atoms with Crippen LogP contribution in [-0.4, -0.2) is 11.6 Å². The summed E-state index contributed by atoms with van der Waals surface area (Å²) in [7, 11) is 0. The Balaban J connectivity index is 2.13. The lowest BCUT2D eigenvalue weighted by atomic mass is 9.93. The van der Waals surface area contributed by atoms with Gasteiger partial charge in [-0.25, -0.2) is 0 Å². The van der Waals surface area contributed by atoms with Crippen LogP contribution in [0.5, 0.6) is 0 Å². The highest BCUT2D eigenvalue weighted by Gasteiger charge is 2.18. The molecule has 2 N–H and O–H groups in total. The van der Waals surface area contributed by atoms with Crippen molar-refractivity contribution >= 4 is 11.4 Å². The molecule has 0 amide bonds. The van der Waals surface area contributed by atoms with Crippen molar-refractivity contribution in [3.8, 4) is 0 Å². The van der Waals surface area contributed by atoms with Gasteiger partial charge in [0.1, 0.15) is 0 Å². The molecule has 2 nitrogen and oxygen atoms in total. The number of aryl methyl sites for hydroxylation is 2. The minimum Gasteiger partial charge on any atom is -0.383 e. The molecule has 0 saturated carbocycles. The lowest BCUT2D eigenvalue weighted by molar-refractivity contribution is 0.564. The summed E-state index contributed by atoms with van der Waals surface area (Å²) < 4.78 is 0. The van der Waals surface area contributed by atoms with Gasteiger partial charge in [-0.1, -0.05) is 24.3 Å². The van der Waals surface area contributed by atoms with Crippen LogP contribution >= 0.6 is 0 Å². The average molecular weight is 310 g/mol. The molecule has 2 aromatic rings. The van der Waals surface area contributed by atoms with Crippen LogP contribution in [0.25, 0.3) is 0 Å². The number of nitrogens with one attached hydrogen (secondary N) is 2. The molecular formula is C21H30N2. The van der Waals surface area contributed by atoms with E-state index in [9.17, 15) is 0 Å². The second-order valence-corrected chi connectivity index (χ2v) is 7.50. The van der Waals surface area contributed by atoms with E-state index in [0.717, 1.165) is 6.42 Å². The highest BCUT2D eigenvalue weighted by Crippen LogP contribution is 2.24. The zero-order valence-electron chi connectivity index (χ0n) is 15.3. The van der Waals surface area contributed by atoms with Gasteiger partial charge in [-0.05, 0) is 82.9 Å². The summed E-state index contributed by atoms with van der Waals surface area (Å²) in [6.07, 6.45) is 0.980. The van der Waals surface area contributed by atoms with Crippen LogP contribution in [0.4, 0.5) is 11.4 Å². The fourth-order valence-electron chi connectivity index (χ4n) is 2.91. The quantitative estimate of drug-likeness (QED) is 0.730. The first-order valence-corrected chi connectivity index (χ1v) is 8.46. The number of hydrogen-bond donors (Lipinski definition) is 2. The molecule has 0 bridgehead atoms. The van der Waals surface area contributed by atoms with Gasteiger partial charge in [-0.15, -0.1) is 0 Å². The van der Waals surface area contributed by atoms with Gasteiger partial charge in [-0.2, -0.15) is 0 Å². The molecule has 0 unspecified atom stereocenters. The van der Waals surface area contributed by atoms with E-state index >= 15 is 0 Å². The topological polar surface area (TPSA) is 24.1 Å². The SMILES string of the molecule is Cc1cccc(NC(C)(C)Cc2ccc(C)c(NC(C)C)c2)c1. The van der Waals surface area contributed by atoms with Gasteiger partial charge in [0.05, 0.1) is 0 Å². The molecule has 0 aliphatic heterocycles. The molecule has 0 spiro atoms. The fourth-order valence-corrected chi connectivity index (χ4v) is 2.91. The number of hydrogen-bond acceptors (Lipinski definition) is 2. The highest BCUT2D eigenvalue weighted by atomic mass is 15.0. The second-order valence-electron chi connectivity index (χ2n) is 7.50. The zero-order chi connectivity index (χ0) is 17.0. The molecule has 0 heterocycles. The van der Waals surface area contributed by atoms with Gasteiger partial charge in [0, 0.05) is 23.0 Å². The van der Waals surface area contributed by atoms with Crippen LogP contribution in [0.2, 0.25) is 0 Å². The first-order valence-electron chi connectivity index (χ1n) is 8.46. The standard InChI is InChI=1S/C21H30N2/c1-15(2)22-20-13-18(11-10-17(20)4)14-21(5,6)23-19-9-7-8-16(3)12-19/h7-13,15,22-23H,14H2,1-6H3. The Morgan fingerprint density at radius 1 is 1.00 bits per heavy atom. The second kappa shape index (κ2) is 7.08. The third-order valence-electron chi connectivity index (χ3n) is 3.89. The van der Waals surface area contributed by atoms with Crippen LogP contribution in [0.15, 0.2) is 42.5 Å². The number of rotatable bonds is 6. The van der Waals surface area contributed by atoms with Gasteiger partial charge in [0.25, 0.3) is 0 Å². The van der Waals surface area contributed by atoms with Gasteiger partial charge >= 0.3 is 0 Å². The van der Waals surface area contributed by atoms with Crippen LogP contribution in [0, 0.1) is 13.8 Å². The Labute approximate surface area is 141 Å². The number of anilines is 2. The van der Waals surface area contributed by atoms with E-state index in [-0.39, 0.29) is 5.54 Å². The molecule has 2 heteroatoms. The predicted octanol–water partition coefficient (Wildman–Crippen LogP) is 5.56. The maximum Gasteiger partial charge on any atom is 0.0374 e. The van der Waals surface area contributed by atoms with E-state index in [0.29, 0.717) is 6.04 Å². The zero-order valence-corrected chi connectivity index (χ0v) is 15.3. The van der Waals surface area contributed by atoms with Crippen molar-refractivity contribution in [2.45, 2.75) is 59.5 Å². The van der Waals surface area contributed by atoms with Gasteiger partial charge in [0.15, 0.2) is 0 Å². The minimum absolute atomic E-state index is 0.00183. The third kappa shape index (κ3) is 5.31. The van der Waals surface area contributed by atoms with Crippen LogP contribution < -0.4 is 10.6 Å². The van der Waals surface area contributed by atoms with Crippen LogP contribution in [-0.2, 0) is 6.42 Å². The van der Waals surface area contributed by atoms with Gasteiger partial charge < -0.3 is 10.6 Å². The van der Waals surface area contributed by atoms with Crippen molar-refractivity contribution in [1.29, 1.82) is 0 Å². The predicted molar refractivity (Wildman–Crippen MR) is 103 cm³/mol. The Morgan fingerprint density at radius 2 is 1.74 bits per heavy atom. The monoisotopic (exact) mass is 310 g/mol. The van der Waals surface area contributed by atoms with Crippen molar-refractivity contribution in [3.63, 3.8) is 0 Å². The summed E-state index contributed by atoms with van der Waals surface area (Å²) in [5, 5.41) is 7.20. The van der Waals surface area contributed by atoms with E-state index in [1.54, 1.807) is 0 Å². The summed E-state index contributed by atoms with van der Waals surface area (Å²) >= 11 is 0. The molecular weight excluding hydrogens is 280 g/mol. The fraction of sp³-hybridized carbons (Fsp3) is 0.429. The van der Waals surface area contributed by atoms with E-state index in [4.69, 9.17) is 0 Å². The smallest absolute Gasteiger partial charge is 0.0374 e. The number of benzene rings is 2. The molecule has 2 rings (SSSR count). The molecule has 2 aromatic carbocycles. The molecule has 0 atom stereocenters. The lowest BCUT2D eigenvalue weighted by Gasteiger charge is -2.28. The molecule has 0 aliphatic carbocycles. The van der Waals surface area contributed by atoms with E-state index in [2.05, 4.69) is 94.6 Å². The van der Waals surface area contributed by atoms with Crippen molar-refractivity contribution < 1.29 is 0 Å². The molecule has 0 radical (unpaired) electrons. The third-order valence-corrected chi connectivity index (χ3v) is 3.89. The molecule has 0 saturated heterocycles. The Hall–Kier alpha value is -1.96. The largest absolute Gasteiger partial charge is 0.383 e. The van der Waals surface area contributed by atoms with E-state index in [1.807, 2.05) is 0 Å². The molecule has 124 valence electrons. The summed E-state index contributed by atoms with van der Waals surface area (Å²) in [5.74, 6) is 0. The van der Waals surface area contributed by atoms with E-state index < -0.39 is 0 Å². The Kier molecular flexibility index (Phi) is 5.35. The first-order chi connectivity index (χ1) is 10.7. The summed E-state index contributed by atoms with van der Waals surface area (Å²) in [4.78, 5) is 0. The maximum absolute atomic E-state index is 3.66. The van der Waals surface area contributed by atoms with Crippen molar-refractivity contribution in [2.24, 2.45) is 0 Å². The minimum atomic E-state index is -0.00183. The van der Waals surface area contributed by atoms with Crippen molar-refractivity contribution in [3.05, 3.63) is 59.2 Å². The molecule has 0 aromatic heterocycles. The molecule has 0 fully saturated rings. The van der Waals surface area contributed by atoms with Crippen molar-refractivity contribution in [2.75, 3.05) is 10.6 Å². The maximum atomic E-state index is 3.66. The van der Waals surface area contributed by atoms with Crippen molar-refractivity contribution in [1.82, 2.24) is 0 Å². The highest BCUT2D eigenvalue weighted by molar-refractivity contribution is 5.54. The van der Waals surface area contributed by atoms with Gasteiger partial charge in [-0.3, -0.25) is 0 Å². The summed E-state index contributed by atoms with van der Waals surface area (Å²) in [6, 6.07) is 15.7. The molecule has 0 aliphatic rings. The van der Waals surface area contributed by atoms with Crippen LogP contribution in [0.1, 0.15) is 44.4 Å².